The van der Waals surface area contributed by atoms with Crippen LogP contribution >= 0.6 is 27.3 Å². The van der Waals surface area contributed by atoms with E-state index in [1.54, 1.807) is 7.11 Å². The monoisotopic (exact) mass is 319 g/mol. The van der Waals surface area contributed by atoms with E-state index in [1.165, 1.54) is 11.3 Å². The first kappa shape index (κ1) is 14.5. The average molecular weight is 320 g/mol. The minimum absolute atomic E-state index is 0.0536. The molecule has 17 heavy (non-hydrogen) atoms. The standard InChI is InChI=1S/C12H18BrNO2S/c1-4-12(2,6-7-13)14-11(15)10-9(16-3)5-8-17-10/h5,8H,4,6-7H2,1-3H3,(H,14,15). The zero-order valence-electron chi connectivity index (χ0n) is 10.4. The van der Waals surface area contributed by atoms with E-state index in [-0.39, 0.29) is 11.4 Å². The molecule has 0 bridgehead atoms. The van der Waals surface area contributed by atoms with Gasteiger partial charge in [-0.3, -0.25) is 4.79 Å². The summed E-state index contributed by atoms with van der Waals surface area (Å²) in [6.07, 6.45) is 1.81. The molecule has 1 unspecified atom stereocenters. The van der Waals surface area contributed by atoms with Crippen molar-refractivity contribution >= 4 is 33.2 Å². The van der Waals surface area contributed by atoms with Gasteiger partial charge in [-0.25, -0.2) is 0 Å². The third-order valence-electron chi connectivity index (χ3n) is 2.90. The predicted octanol–water partition coefficient (Wildman–Crippen LogP) is 3.44. The van der Waals surface area contributed by atoms with Crippen molar-refractivity contribution in [3.63, 3.8) is 0 Å². The normalized spacial score (nSPS) is 14.1. The van der Waals surface area contributed by atoms with Crippen molar-refractivity contribution in [2.24, 2.45) is 0 Å². The third kappa shape index (κ3) is 3.71. The number of thiophene rings is 1. The molecule has 1 atom stereocenters. The van der Waals surface area contributed by atoms with Crippen LogP contribution in [-0.2, 0) is 0 Å². The molecule has 1 aromatic rings. The summed E-state index contributed by atoms with van der Waals surface area (Å²) in [4.78, 5) is 12.8. The molecule has 0 radical (unpaired) electrons. The Hall–Kier alpha value is -0.550. The molecular formula is C12H18BrNO2S. The van der Waals surface area contributed by atoms with Gasteiger partial charge in [0.15, 0.2) is 0 Å². The SMILES string of the molecule is CCC(C)(CCBr)NC(=O)c1sccc1OC. The number of ether oxygens (including phenoxy) is 1. The lowest BCUT2D eigenvalue weighted by molar-refractivity contribution is 0.0903. The van der Waals surface area contributed by atoms with Crippen molar-refractivity contribution in [2.45, 2.75) is 32.2 Å². The molecule has 3 nitrogen and oxygen atoms in total. The molecule has 1 aromatic heterocycles. The lowest BCUT2D eigenvalue weighted by Gasteiger charge is -2.28. The number of hydrogen-bond acceptors (Lipinski definition) is 3. The maximum atomic E-state index is 12.1. The number of rotatable bonds is 6. The Bertz CT molecular complexity index is 380. The van der Waals surface area contributed by atoms with Gasteiger partial charge >= 0.3 is 0 Å². The fourth-order valence-corrected chi connectivity index (χ4v) is 3.12. The Morgan fingerprint density at radius 3 is 2.88 bits per heavy atom. The Morgan fingerprint density at radius 1 is 1.65 bits per heavy atom. The lowest BCUT2D eigenvalue weighted by atomic mass is 9.95. The van der Waals surface area contributed by atoms with Crippen LogP contribution in [0.4, 0.5) is 0 Å². The van der Waals surface area contributed by atoms with E-state index < -0.39 is 0 Å². The van der Waals surface area contributed by atoms with Crippen molar-refractivity contribution in [1.29, 1.82) is 0 Å². The summed E-state index contributed by atoms with van der Waals surface area (Å²) < 4.78 is 5.15. The van der Waals surface area contributed by atoms with Crippen LogP contribution in [0.15, 0.2) is 11.4 Å². The van der Waals surface area contributed by atoms with Crippen molar-refractivity contribution < 1.29 is 9.53 Å². The Balaban J connectivity index is 2.77. The molecule has 1 heterocycles. The molecular weight excluding hydrogens is 302 g/mol. The van der Waals surface area contributed by atoms with E-state index in [0.29, 0.717) is 10.6 Å². The summed E-state index contributed by atoms with van der Waals surface area (Å²) in [6.45, 7) is 4.14. The molecule has 0 saturated heterocycles. The van der Waals surface area contributed by atoms with Gasteiger partial charge in [0.1, 0.15) is 10.6 Å². The molecule has 0 aliphatic rings. The highest BCUT2D eigenvalue weighted by Gasteiger charge is 2.25. The van der Waals surface area contributed by atoms with E-state index in [1.807, 2.05) is 11.4 Å². The molecule has 0 fully saturated rings. The van der Waals surface area contributed by atoms with Crippen molar-refractivity contribution in [1.82, 2.24) is 5.32 Å². The molecule has 5 heteroatoms. The summed E-state index contributed by atoms with van der Waals surface area (Å²) in [5.74, 6) is 0.590. The fraction of sp³-hybridized carbons (Fsp3) is 0.583. The van der Waals surface area contributed by atoms with Crippen molar-refractivity contribution in [2.75, 3.05) is 12.4 Å². The minimum Gasteiger partial charge on any atom is -0.495 e. The maximum absolute atomic E-state index is 12.1. The van der Waals surface area contributed by atoms with Crippen LogP contribution in [0.25, 0.3) is 0 Å². The molecule has 1 amide bonds. The number of halogens is 1. The van der Waals surface area contributed by atoms with Crippen LogP contribution in [0.2, 0.25) is 0 Å². The number of carbonyl (C=O) groups is 1. The zero-order valence-corrected chi connectivity index (χ0v) is 12.8. The second kappa shape index (κ2) is 6.40. The second-order valence-corrected chi connectivity index (χ2v) is 5.83. The van der Waals surface area contributed by atoms with Crippen LogP contribution in [-0.4, -0.2) is 23.9 Å². The Morgan fingerprint density at radius 2 is 2.35 bits per heavy atom. The number of methoxy groups -OCH3 is 1. The van der Waals surface area contributed by atoms with Gasteiger partial charge in [0, 0.05) is 10.9 Å². The first-order valence-corrected chi connectivity index (χ1v) is 7.56. The van der Waals surface area contributed by atoms with Gasteiger partial charge < -0.3 is 10.1 Å². The van der Waals surface area contributed by atoms with E-state index in [4.69, 9.17) is 4.74 Å². The van der Waals surface area contributed by atoms with Crippen molar-refractivity contribution in [3.05, 3.63) is 16.3 Å². The highest BCUT2D eigenvalue weighted by atomic mass is 79.9. The lowest BCUT2D eigenvalue weighted by Crippen LogP contribution is -2.45. The van der Waals surface area contributed by atoms with Crippen LogP contribution < -0.4 is 10.1 Å². The fourth-order valence-electron chi connectivity index (χ4n) is 1.49. The number of hydrogen-bond donors (Lipinski definition) is 1. The molecule has 0 aromatic carbocycles. The summed E-state index contributed by atoms with van der Waals surface area (Å²) in [7, 11) is 1.58. The smallest absolute Gasteiger partial charge is 0.265 e. The summed E-state index contributed by atoms with van der Waals surface area (Å²) in [5.41, 5.74) is -0.171. The van der Waals surface area contributed by atoms with Gasteiger partial charge in [0.05, 0.1) is 7.11 Å². The number of alkyl halides is 1. The van der Waals surface area contributed by atoms with E-state index in [9.17, 15) is 4.79 Å². The maximum Gasteiger partial charge on any atom is 0.265 e. The minimum atomic E-state index is -0.171. The first-order chi connectivity index (χ1) is 8.06. The Kier molecular flexibility index (Phi) is 5.46. The number of nitrogens with one attached hydrogen (secondary N) is 1. The molecule has 0 spiro atoms. The van der Waals surface area contributed by atoms with Gasteiger partial charge in [-0.05, 0) is 31.2 Å². The van der Waals surface area contributed by atoms with Crippen LogP contribution in [0.3, 0.4) is 0 Å². The van der Waals surface area contributed by atoms with Gasteiger partial charge in [-0.2, -0.15) is 0 Å². The summed E-state index contributed by atoms with van der Waals surface area (Å²) in [6, 6.07) is 1.81. The topological polar surface area (TPSA) is 38.3 Å². The van der Waals surface area contributed by atoms with Gasteiger partial charge in [-0.1, -0.05) is 22.9 Å². The molecule has 0 aliphatic heterocycles. The first-order valence-electron chi connectivity index (χ1n) is 5.56. The van der Waals surface area contributed by atoms with Crippen LogP contribution in [0, 0.1) is 0 Å². The highest BCUT2D eigenvalue weighted by Crippen LogP contribution is 2.26. The largest absolute Gasteiger partial charge is 0.495 e. The molecule has 0 aliphatic carbocycles. The van der Waals surface area contributed by atoms with Crippen LogP contribution in [0.5, 0.6) is 5.75 Å². The van der Waals surface area contributed by atoms with Crippen molar-refractivity contribution in [3.8, 4) is 5.75 Å². The van der Waals surface area contributed by atoms with Gasteiger partial charge in [-0.15, -0.1) is 11.3 Å². The number of carbonyl (C=O) groups excluding carboxylic acids is 1. The number of amides is 1. The molecule has 1 rings (SSSR count). The van der Waals surface area contributed by atoms with Gasteiger partial charge in [0.25, 0.3) is 5.91 Å². The van der Waals surface area contributed by atoms with E-state index in [2.05, 4.69) is 35.1 Å². The summed E-state index contributed by atoms with van der Waals surface area (Å²) >= 11 is 4.82. The average Bonchev–Trinajstić information content (AvgIpc) is 2.77. The predicted molar refractivity (Wildman–Crippen MR) is 75.4 cm³/mol. The van der Waals surface area contributed by atoms with Gasteiger partial charge in [0.2, 0.25) is 0 Å². The molecule has 0 saturated carbocycles. The molecule has 96 valence electrons. The summed E-state index contributed by atoms with van der Waals surface area (Å²) in [5, 5.41) is 5.82. The Labute approximate surface area is 115 Å². The van der Waals surface area contributed by atoms with E-state index >= 15 is 0 Å². The second-order valence-electron chi connectivity index (χ2n) is 4.13. The quantitative estimate of drug-likeness (QED) is 0.816. The zero-order chi connectivity index (χ0) is 12.9. The highest BCUT2D eigenvalue weighted by molar-refractivity contribution is 9.09. The van der Waals surface area contributed by atoms with Crippen LogP contribution in [0.1, 0.15) is 36.4 Å². The molecule has 1 N–H and O–H groups in total. The van der Waals surface area contributed by atoms with E-state index in [0.717, 1.165) is 18.2 Å². The third-order valence-corrected chi connectivity index (χ3v) is 4.19.